The summed E-state index contributed by atoms with van der Waals surface area (Å²) in [7, 11) is 5.47. The molecule has 2 rings (SSSR count). The lowest BCUT2D eigenvalue weighted by Gasteiger charge is -2.12. The van der Waals surface area contributed by atoms with Gasteiger partial charge in [0.15, 0.2) is 5.82 Å². The van der Waals surface area contributed by atoms with Crippen molar-refractivity contribution in [2.24, 2.45) is 12.9 Å². The lowest BCUT2D eigenvalue weighted by atomic mass is 10.6. The normalized spacial score (nSPS) is 10.3. The minimum Gasteiger partial charge on any atom is -0.347 e. The van der Waals surface area contributed by atoms with Crippen molar-refractivity contribution in [2.75, 3.05) is 29.7 Å². The van der Waals surface area contributed by atoms with Crippen LogP contribution in [0.2, 0.25) is 0 Å². The summed E-state index contributed by atoms with van der Waals surface area (Å²) >= 11 is 0. The van der Waals surface area contributed by atoms with Crippen molar-refractivity contribution in [1.29, 1.82) is 0 Å². The molecule has 4 N–H and O–H groups in total. The molecule has 0 aliphatic carbocycles. The van der Waals surface area contributed by atoms with E-state index in [4.69, 9.17) is 5.84 Å². The van der Waals surface area contributed by atoms with Gasteiger partial charge < -0.3 is 10.2 Å². The van der Waals surface area contributed by atoms with Crippen LogP contribution in [0.15, 0.2) is 6.33 Å². The van der Waals surface area contributed by atoms with E-state index < -0.39 is 0 Å². The molecule has 0 aromatic carbocycles. The monoisotopic (exact) mass is 264 g/mol. The number of nitrogens with zero attached hydrogens (tertiary/aromatic N) is 7. The first-order chi connectivity index (χ1) is 9.08. The van der Waals surface area contributed by atoms with Crippen LogP contribution in [0.1, 0.15) is 5.82 Å². The van der Waals surface area contributed by atoms with E-state index in [2.05, 4.69) is 35.8 Å². The third-order valence-corrected chi connectivity index (χ3v) is 2.20. The summed E-state index contributed by atoms with van der Waals surface area (Å²) in [5.74, 6) is 7.16. The van der Waals surface area contributed by atoms with Crippen molar-refractivity contribution >= 4 is 17.8 Å². The summed E-state index contributed by atoms with van der Waals surface area (Å²) in [4.78, 5) is 18.3. The van der Waals surface area contributed by atoms with Crippen molar-refractivity contribution in [2.45, 2.75) is 6.54 Å². The molecule has 0 amide bonds. The van der Waals surface area contributed by atoms with Crippen molar-refractivity contribution in [1.82, 2.24) is 29.7 Å². The Morgan fingerprint density at radius 2 is 2.00 bits per heavy atom. The van der Waals surface area contributed by atoms with Gasteiger partial charge in [0, 0.05) is 21.1 Å². The SMILES string of the molecule is CN(C)c1nc(NN)nc(NCc2ncn(C)n2)n1. The van der Waals surface area contributed by atoms with Crippen LogP contribution in [0.25, 0.3) is 0 Å². The Hall–Kier alpha value is -2.49. The molecular formula is C9H16N10. The molecular weight excluding hydrogens is 248 g/mol. The molecule has 0 unspecified atom stereocenters. The van der Waals surface area contributed by atoms with Gasteiger partial charge in [-0.05, 0) is 0 Å². The van der Waals surface area contributed by atoms with Crippen molar-refractivity contribution in [3.8, 4) is 0 Å². The highest BCUT2D eigenvalue weighted by Crippen LogP contribution is 2.10. The molecule has 0 aliphatic rings. The van der Waals surface area contributed by atoms with E-state index >= 15 is 0 Å². The van der Waals surface area contributed by atoms with E-state index in [9.17, 15) is 0 Å². The van der Waals surface area contributed by atoms with Crippen LogP contribution >= 0.6 is 0 Å². The van der Waals surface area contributed by atoms with Gasteiger partial charge in [0.25, 0.3) is 0 Å². The number of hydrogen-bond acceptors (Lipinski definition) is 9. The number of rotatable bonds is 5. The Bertz CT molecular complexity index is 548. The molecule has 2 heterocycles. The predicted octanol–water partition coefficient (Wildman–Crippen LogP) is -1.04. The summed E-state index contributed by atoms with van der Waals surface area (Å²) < 4.78 is 1.63. The second kappa shape index (κ2) is 5.44. The Labute approximate surface area is 110 Å². The molecule has 0 saturated carbocycles. The molecule has 19 heavy (non-hydrogen) atoms. The standard InChI is InChI=1S/C9H16N10/c1-18(2)9-14-7(13-8(15-9)16-10)11-4-6-12-5-19(3)17-6/h5H,4,10H2,1-3H3,(H2,11,13,14,15,16). The predicted molar refractivity (Wildman–Crippen MR) is 70.3 cm³/mol. The molecule has 0 spiro atoms. The van der Waals surface area contributed by atoms with E-state index in [1.807, 2.05) is 14.1 Å². The van der Waals surface area contributed by atoms with Crippen LogP contribution in [-0.2, 0) is 13.6 Å². The zero-order valence-corrected chi connectivity index (χ0v) is 11.0. The smallest absolute Gasteiger partial charge is 0.243 e. The topological polar surface area (TPSA) is 123 Å². The van der Waals surface area contributed by atoms with E-state index in [-0.39, 0.29) is 5.95 Å². The fourth-order valence-corrected chi connectivity index (χ4v) is 1.33. The second-order valence-electron chi connectivity index (χ2n) is 4.01. The van der Waals surface area contributed by atoms with Crippen LogP contribution in [0, 0.1) is 0 Å². The van der Waals surface area contributed by atoms with E-state index in [1.54, 1.807) is 23.0 Å². The van der Waals surface area contributed by atoms with Gasteiger partial charge in [-0.2, -0.15) is 20.1 Å². The quantitative estimate of drug-likeness (QED) is 0.459. The van der Waals surface area contributed by atoms with E-state index in [0.29, 0.717) is 24.3 Å². The van der Waals surface area contributed by atoms with Crippen LogP contribution < -0.4 is 21.5 Å². The molecule has 0 fully saturated rings. The number of nitrogens with one attached hydrogen (secondary N) is 2. The first-order valence-electron chi connectivity index (χ1n) is 5.57. The van der Waals surface area contributed by atoms with Gasteiger partial charge in [-0.3, -0.25) is 10.1 Å². The fourth-order valence-electron chi connectivity index (χ4n) is 1.33. The van der Waals surface area contributed by atoms with E-state index in [1.165, 1.54) is 0 Å². The van der Waals surface area contributed by atoms with Gasteiger partial charge in [0.05, 0.1) is 6.54 Å². The maximum Gasteiger partial charge on any atom is 0.243 e. The number of anilines is 3. The molecule has 0 saturated heterocycles. The molecule has 0 bridgehead atoms. The highest BCUT2D eigenvalue weighted by Gasteiger charge is 2.08. The molecule has 0 atom stereocenters. The average Bonchev–Trinajstić information content (AvgIpc) is 2.81. The molecule has 2 aromatic heterocycles. The number of hydrazine groups is 1. The van der Waals surface area contributed by atoms with Crippen molar-refractivity contribution < 1.29 is 0 Å². The van der Waals surface area contributed by atoms with Gasteiger partial charge in [0.2, 0.25) is 17.8 Å². The van der Waals surface area contributed by atoms with Gasteiger partial charge >= 0.3 is 0 Å². The highest BCUT2D eigenvalue weighted by atomic mass is 15.4. The summed E-state index contributed by atoms with van der Waals surface area (Å²) in [6, 6.07) is 0. The third-order valence-electron chi connectivity index (χ3n) is 2.20. The highest BCUT2D eigenvalue weighted by molar-refractivity contribution is 5.42. The number of nitrogen functional groups attached to an aromatic ring is 1. The largest absolute Gasteiger partial charge is 0.347 e. The van der Waals surface area contributed by atoms with Gasteiger partial charge in [-0.1, -0.05) is 0 Å². The number of nitrogens with two attached hydrogens (primary N) is 1. The molecule has 0 radical (unpaired) electrons. The molecule has 2 aromatic rings. The molecule has 102 valence electrons. The summed E-state index contributed by atoms with van der Waals surface area (Å²) in [6.45, 7) is 0.418. The van der Waals surface area contributed by atoms with Crippen molar-refractivity contribution in [3.05, 3.63) is 12.2 Å². The summed E-state index contributed by atoms with van der Waals surface area (Å²) in [6.07, 6.45) is 1.63. The fraction of sp³-hybridized carbons (Fsp3) is 0.444. The molecule has 10 heteroatoms. The lowest BCUT2D eigenvalue weighted by molar-refractivity contribution is 0.746. The maximum atomic E-state index is 5.32. The van der Waals surface area contributed by atoms with E-state index in [0.717, 1.165) is 0 Å². The van der Waals surface area contributed by atoms with Crippen LogP contribution in [0.5, 0.6) is 0 Å². The Kier molecular flexibility index (Phi) is 3.71. The van der Waals surface area contributed by atoms with Gasteiger partial charge in [0.1, 0.15) is 6.33 Å². The van der Waals surface area contributed by atoms with Gasteiger partial charge in [-0.25, -0.2) is 10.8 Å². The summed E-state index contributed by atoms with van der Waals surface area (Å²) in [5.41, 5.74) is 2.40. The van der Waals surface area contributed by atoms with Crippen LogP contribution in [-0.4, -0.2) is 43.8 Å². The average molecular weight is 264 g/mol. The van der Waals surface area contributed by atoms with Crippen molar-refractivity contribution in [3.63, 3.8) is 0 Å². The second-order valence-corrected chi connectivity index (χ2v) is 4.01. The first-order valence-corrected chi connectivity index (χ1v) is 5.57. The molecule has 10 nitrogen and oxygen atoms in total. The van der Waals surface area contributed by atoms with Gasteiger partial charge in [-0.15, -0.1) is 0 Å². The maximum absolute atomic E-state index is 5.32. The number of aromatic nitrogens is 6. The third kappa shape index (κ3) is 3.25. The minimum absolute atomic E-state index is 0.287. The summed E-state index contributed by atoms with van der Waals surface area (Å²) in [5, 5.41) is 7.17. The Morgan fingerprint density at radius 3 is 2.58 bits per heavy atom. The van der Waals surface area contributed by atoms with Crippen LogP contribution in [0.3, 0.4) is 0 Å². The number of hydrogen-bond donors (Lipinski definition) is 3. The van der Waals surface area contributed by atoms with Crippen LogP contribution in [0.4, 0.5) is 17.8 Å². The Morgan fingerprint density at radius 1 is 1.26 bits per heavy atom. The zero-order chi connectivity index (χ0) is 13.8. The number of aryl methyl sites for hydroxylation is 1. The lowest BCUT2D eigenvalue weighted by Crippen LogP contribution is -2.19. The zero-order valence-electron chi connectivity index (χ0n) is 11.0. The Balaban J connectivity index is 2.12. The minimum atomic E-state index is 0.287. The first kappa shape index (κ1) is 13.0. The molecule has 0 aliphatic heterocycles.